The maximum atomic E-state index is 14.6. The molecule has 0 saturated heterocycles. The number of halogens is 2. The van der Waals surface area contributed by atoms with Crippen LogP contribution in [0.4, 0.5) is 14.5 Å². The molecular weight excluding hydrogens is 506 g/mol. The second-order valence-corrected chi connectivity index (χ2v) is 13.0. The van der Waals surface area contributed by atoms with Crippen molar-refractivity contribution in [1.82, 2.24) is 9.55 Å². The Balaban J connectivity index is 1.84. The molecule has 0 spiro atoms. The summed E-state index contributed by atoms with van der Waals surface area (Å²) in [6, 6.07) is 12.0. The Bertz CT molecular complexity index is 1470. The minimum atomic E-state index is -0.920. The molecule has 0 bridgehead atoms. The van der Waals surface area contributed by atoms with Gasteiger partial charge in [0.25, 0.3) is 0 Å². The van der Waals surface area contributed by atoms with Gasteiger partial charge >= 0.3 is 0 Å². The molecule has 0 fully saturated rings. The van der Waals surface area contributed by atoms with E-state index in [2.05, 4.69) is 24.1 Å². The minimum Gasteiger partial charge on any atom is -0.490 e. The fraction of sp³-hybridized carbons (Fsp3) is 0.286. The van der Waals surface area contributed by atoms with Crippen LogP contribution in [-0.4, -0.2) is 31.1 Å². The molecule has 0 unspecified atom stereocenters. The lowest BCUT2D eigenvalue weighted by atomic mass is 10.0. The first-order valence-electron chi connectivity index (χ1n) is 12.4. The highest BCUT2D eigenvalue weighted by Crippen LogP contribution is 2.40. The molecule has 0 aliphatic carbocycles. The summed E-state index contributed by atoms with van der Waals surface area (Å²) in [5, 5.41) is 10.3. The van der Waals surface area contributed by atoms with Crippen molar-refractivity contribution in [2.24, 2.45) is 0 Å². The summed E-state index contributed by atoms with van der Waals surface area (Å²) in [4.78, 5) is 4.52. The Morgan fingerprint density at radius 3 is 2.50 bits per heavy atom. The molecule has 198 valence electrons. The number of rotatable bonds is 10. The minimum absolute atomic E-state index is 0.0478. The monoisotopic (exact) mass is 536 g/mol. The van der Waals surface area contributed by atoms with Crippen LogP contribution >= 0.6 is 0 Å². The van der Waals surface area contributed by atoms with Crippen molar-refractivity contribution in [3.63, 3.8) is 0 Å². The summed E-state index contributed by atoms with van der Waals surface area (Å²) >= 11 is 0. The zero-order valence-electron chi connectivity index (χ0n) is 21.8. The molecule has 2 aromatic heterocycles. The number of fused-ring (bicyclic) bond motifs is 1. The van der Waals surface area contributed by atoms with Crippen molar-refractivity contribution in [2.45, 2.75) is 45.8 Å². The van der Waals surface area contributed by atoms with Gasteiger partial charge in [0.1, 0.15) is 29.9 Å². The second-order valence-electron chi connectivity index (χ2n) is 9.65. The third-order valence-corrected chi connectivity index (χ3v) is 7.19. The molecule has 0 atom stereocenters. The van der Waals surface area contributed by atoms with Gasteiger partial charge in [0.05, 0.1) is 17.1 Å². The summed E-state index contributed by atoms with van der Waals surface area (Å²) in [6.45, 7) is 9.14. The molecule has 2 aromatic carbocycles. The average molecular weight is 537 g/mol. The molecule has 2 heterocycles. The molecule has 4 rings (SSSR count). The predicted molar refractivity (Wildman–Crippen MR) is 146 cm³/mol. The number of nitriles is 1. The van der Waals surface area contributed by atoms with E-state index >= 15 is 0 Å². The van der Waals surface area contributed by atoms with Crippen LogP contribution in [0.3, 0.4) is 0 Å². The van der Waals surface area contributed by atoms with Crippen LogP contribution in [0.2, 0.25) is 19.1 Å². The number of nitrogens with zero attached hydrogens (tertiary/aromatic N) is 3. The van der Waals surface area contributed by atoms with Gasteiger partial charge < -0.3 is 24.5 Å². The molecule has 0 amide bonds. The van der Waals surface area contributed by atoms with Crippen molar-refractivity contribution >= 4 is 25.5 Å². The standard InChI is InChI=1S/C28H30F2N4O3Si/c1-17(2)36-24-6-5-18(11-19(24)14-31)21-15-34(16-35-9-10-38(3)4)28-26(21)25(7-8-33-28)37-27-22(29)12-20(32)13-23(27)30/h5-8,11-13,15,17,38H,9-10,16,32H2,1-4H3. The zero-order valence-corrected chi connectivity index (χ0v) is 22.9. The quantitative estimate of drug-likeness (QED) is 0.142. The first kappa shape index (κ1) is 27.1. The van der Waals surface area contributed by atoms with Gasteiger partial charge in [-0.3, -0.25) is 0 Å². The van der Waals surface area contributed by atoms with E-state index < -0.39 is 26.2 Å². The molecule has 7 nitrogen and oxygen atoms in total. The fourth-order valence-corrected chi connectivity index (χ4v) is 4.64. The van der Waals surface area contributed by atoms with Crippen LogP contribution in [0, 0.1) is 23.0 Å². The summed E-state index contributed by atoms with van der Waals surface area (Å²) in [7, 11) is -0.768. The van der Waals surface area contributed by atoms with Crippen LogP contribution < -0.4 is 15.2 Å². The van der Waals surface area contributed by atoms with Crippen LogP contribution in [0.15, 0.2) is 48.8 Å². The number of ether oxygens (including phenoxy) is 3. The molecule has 0 aliphatic rings. The number of benzene rings is 2. The van der Waals surface area contributed by atoms with Crippen molar-refractivity contribution in [3.05, 3.63) is 66.0 Å². The van der Waals surface area contributed by atoms with E-state index in [1.807, 2.05) is 30.7 Å². The van der Waals surface area contributed by atoms with Crippen LogP contribution in [-0.2, 0) is 11.5 Å². The number of pyridine rings is 1. The van der Waals surface area contributed by atoms with Crippen molar-refractivity contribution in [2.75, 3.05) is 12.3 Å². The number of nitrogens with two attached hydrogens (primary N) is 1. The van der Waals surface area contributed by atoms with Gasteiger partial charge in [0.15, 0.2) is 17.4 Å². The summed E-state index contributed by atoms with van der Waals surface area (Å²) in [6.07, 6.45) is 3.24. The van der Waals surface area contributed by atoms with Gasteiger partial charge in [-0.2, -0.15) is 5.26 Å². The summed E-state index contributed by atoms with van der Waals surface area (Å²) < 4.78 is 48.5. The van der Waals surface area contributed by atoms with Crippen molar-refractivity contribution in [3.8, 4) is 34.4 Å². The SMILES string of the molecule is CC(C)Oc1ccc(-c2cn(COCC[SiH](C)C)c3nccc(Oc4c(F)cc(N)cc4F)c23)cc1C#N. The number of aromatic nitrogens is 2. The van der Waals surface area contributed by atoms with E-state index in [0.29, 0.717) is 40.1 Å². The first-order valence-corrected chi connectivity index (χ1v) is 15.5. The topological polar surface area (TPSA) is 95.3 Å². The third kappa shape index (κ3) is 5.96. The predicted octanol–water partition coefficient (Wildman–Crippen LogP) is 6.48. The lowest BCUT2D eigenvalue weighted by molar-refractivity contribution is 0.0903. The fourth-order valence-electron chi connectivity index (χ4n) is 4.00. The lowest BCUT2D eigenvalue weighted by Gasteiger charge is -2.13. The molecular formula is C28H30F2N4O3Si. The van der Waals surface area contributed by atoms with Gasteiger partial charge in [-0.15, -0.1) is 0 Å². The summed E-state index contributed by atoms with van der Waals surface area (Å²) in [5.41, 5.74) is 7.73. The number of anilines is 1. The maximum absolute atomic E-state index is 14.6. The van der Waals surface area contributed by atoms with E-state index in [0.717, 1.165) is 18.2 Å². The van der Waals surface area contributed by atoms with Crippen LogP contribution in [0.5, 0.6) is 17.2 Å². The Kier molecular flexibility index (Phi) is 8.29. The molecule has 38 heavy (non-hydrogen) atoms. The smallest absolute Gasteiger partial charge is 0.198 e. The highest BCUT2D eigenvalue weighted by atomic mass is 28.3. The number of nitrogen functional groups attached to an aromatic ring is 1. The van der Waals surface area contributed by atoms with Crippen molar-refractivity contribution in [1.29, 1.82) is 5.26 Å². The van der Waals surface area contributed by atoms with E-state index in [4.69, 9.17) is 19.9 Å². The van der Waals surface area contributed by atoms with E-state index in [1.165, 1.54) is 12.3 Å². The largest absolute Gasteiger partial charge is 0.490 e. The van der Waals surface area contributed by atoms with Gasteiger partial charge in [-0.05, 0) is 43.7 Å². The maximum Gasteiger partial charge on any atom is 0.198 e. The molecule has 2 N–H and O–H groups in total. The Morgan fingerprint density at radius 2 is 1.84 bits per heavy atom. The molecule has 0 aliphatic heterocycles. The van der Waals surface area contributed by atoms with Crippen LogP contribution in [0.1, 0.15) is 19.4 Å². The van der Waals surface area contributed by atoms with Gasteiger partial charge in [-0.1, -0.05) is 19.2 Å². The van der Waals surface area contributed by atoms with E-state index in [9.17, 15) is 14.0 Å². The Hall–Kier alpha value is -3.94. The highest BCUT2D eigenvalue weighted by Gasteiger charge is 2.21. The van der Waals surface area contributed by atoms with Gasteiger partial charge in [0.2, 0.25) is 0 Å². The second kappa shape index (κ2) is 11.6. The Labute approximate surface area is 222 Å². The third-order valence-electron chi connectivity index (χ3n) is 5.80. The van der Waals surface area contributed by atoms with Crippen LogP contribution in [0.25, 0.3) is 22.2 Å². The van der Waals surface area contributed by atoms with Gasteiger partial charge in [0, 0.05) is 51.2 Å². The molecule has 0 radical (unpaired) electrons. The Morgan fingerprint density at radius 1 is 1.11 bits per heavy atom. The average Bonchev–Trinajstić information content (AvgIpc) is 3.23. The number of hydrogen-bond donors (Lipinski definition) is 1. The zero-order chi connectivity index (χ0) is 27.4. The van der Waals surface area contributed by atoms with E-state index in [-0.39, 0.29) is 24.3 Å². The van der Waals surface area contributed by atoms with Crippen molar-refractivity contribution < 1.29 is 23.0 Å². The first-order chi connectivity index (χ1) is 18.2. The molecule has 4 aromatic rings. The molecule has 10 heteroatoms. The summed E-state index contributed by atoms with van der Waals surface area (Å²) in [5.74, 6) is -1.74. The molecule has 0 saturated carbocycles. The normalized spacial score (nSPS) is 11.3. The number of hydrogen-bond acceptors (Lipinski definition) is 6. The lowest BCUT2D eigenvalue weighted by Crippen LogP contribution is -2.08. The van der Waals surface area contributed by atoms with Gasteiger partial charge in [-0.25, -0.2) is 13.8 Å². The highest BCUT2D eigenvalue weighted by molar-refractivity contribution is 6.55. The van der Waals surface area contributed by atoms with E-state index in [1.54, 1.807) is 12.1 Å².